The maximum Gasteiger partial charge on any atom is 0.0970 e. The highest BCUT2D eigenvalue weighted by Gasteiger charge is 2.17. The number of nitrogens with zero attached hydrogens (tertiary/aromatic N) is 2. The zero-order valence-corrected chi connectivity index (χ0v) is 22.6. The number of fused-ring (bicyclic) bond motifs is 5. The van der Waals surface area contributed by atoms with Crippen LogP contribution in [0.4, 0.5) is 0 Å². The first-order valence-electron chi connectivity index (χ1n) is 14.4. The van der Waals surface area contributed by atoms with Crippen LogP contribution in [0.15, 0.2) is 134 Å². The van der Waals surface area contributed by atoms with Crippen molar-refractivity contribution in [3.8, 4) is 11.1 Å². The zero-order valence-electron chi connectivity index (χ0n) is 22.6. The fourth-order valence-corrected chi connectivity index (χ4v) is 7.46. The van der Waals surface area contributed by atoms with Crippen molar-refractivity contribution in [3.63, 3.8) is 0 Å². The predicted molar refractivity (Wildman–Crippen MR) is 179 cm³/mol. The standard InChI is InChI=1S/C40H22N2/c1-6-23-14-15-24-8-3-12-31-34-22-28(33-21-27-9-4-18-41-39(27)40-32(33)13-5-19-42-40)20-26-17-16-25-7-2-11-30(36(25)38(26)34)29(10-1)35(23)37(24)31/h1-22H. The SMILES string of the molecule is c1cnc2c(c1)cc(-c1cc3ccc4cccc5c6cccc7ccc8cccc(c(c1)c3c45)c8c76)c1cccnc12. The third kappa shape index (κ3) is 2.83. The Labute approximate surface area is 240 Å². The van der Waals surface area contributed by atoms with E-state index < -0.39 is 0 Å². The number of hydrogen-bond donors (Lipinski definition) is 0. The van der Waals surface area contributed by atoms with Gasteiger partial charge in [0.1, 0.15) is 0 Å². The van der Waals surface area contributed by atoms with Crippen molar-refractivity contribution in [2.75, 3.05) is 0 Å². The Morgan fingerprint density at radius 3 is 1.50 bits per heavy atom. The van der Waals surface area contributed by atoms with Gasteiger partial charge in [0.2, 0.25) is 0 Å². The lowest BCUT2D eigenvalue weighted by Gasteiger charge is -2.17. The van der Waals surface area contributed by atoms with Gasteiger partial charge in [-0.25, -0.2) is 0 Å². The molecule has 0 spiro atoms. The van der Waals surface area contributed by atoms with Crippen molar-refractivity contribution in [1.82, 2.24) is 9.97 Å². The molecule has 0 fully saturated rings. The Bertz CT molecular complexity index is 2730. The highest BCUT2D eigenvalue weighted by atomic mass is 14.7. The number of rotatable bonds is 1. The first-order valence-corrected chi connectivity index (χ1v) is 14.4. The van der Waals surface area contributed by atoms with Crippen LogP contribution in [0.5, 0.6) is 0 Å². The van der Waals surface area contributed by atoms with Crippen molar-refractivity contribution in [2.45, 2.75) is 0 Å². The summed E-state index contributed by atoms with van der Waals surface area (Å²) in [5, 5.41) is 17.7. The summed E-state index contributed by atoms with van der Waals surface area (Å²) in [6.07, 6.45) is 3.72. The van der Waals surface area contributed by atoms with Crippen LogP contribution in [-0.4, -0.2) is 9.97 Å². The van der Waals surface area contributed by atoms with Gasteiger partial charge >= 0.3 is 0 Å². The summed E-state index contributed by atoms with van der Waals surface area (Å²) in [6, 6.07) is 44.8. The van der Waals surface area contributed by atoms with Crippen molar-refractivity contribution in [2.24, 2.45) is 0 Å². The molecule has 0 saturated carbocycles. The fourth-order valence-electron chi connectivity index (χ4n) is 7.46. The van der Waals surface area contributed by atoms with E-state index in [2.05, 4.69) is 109 Å². The third-order valence-corrected chi connectivity index (χ3v) is 9.20. The quantitative estimate of drug-likeness (QED) is 0.197. The summed E-state index contributed by atoms with van der Waals surface area (Å²) < 4.78 is 0. The van der Waals surface area contributed by atoms with E-state index in [1.165, 1.54) is 75.8 Å². The lowest BCUT2D eigenvalue weighted by Crippen LogP contribution is -1.91. The highest BCUT2D eigenvalue weighted by Crippen LogP contribution is 2.45. The minimum Gasteiger partial charge on any atom is -0.254 e. The van der Waals surface area contributed by atoms with Gasteiger partial charge in [0.25, 0.3) is 0 Å². The molecular weight excluding hydrogens is 508 g/mol. The van der Waals surface area contributed by atoms with Gasteiger partial charge in [-0.15, -0.1) is 0 Å². The van der Waals surface area contributed by atoms with E-state index in [1.807, 2.05) is 24.5 Å². The normalized spacial score (nSPS) is 12.3. The molecule has 42 heavy (non-hydrogen) atoms. The number of benzene rings is 7. The van der Waals surface area contributed by atoms with Gasteiger partial charge in [-0.3, -0.25) is 9.97 Å². The van der Waals surface area contributed by atoms with E-state index in [0.29, 0.717) is 0 Å². The molecule has 0 aliphatic heterocycles. The molecule has 0 saturated heterocycles. The third-order valence-electron chi connectivity index (χ3n) is 9.20. The van der Waals surface area contributed by atoms with Crippen molar-refractivity contribution in [1.29, 1.82) is 0 Å². The molecule has 8 aromatic carbocycles. The molecule has 0 radical (unpaired) electrons. The predicted octanol–water partition coefficient (Wildman–Crippen LogP) is 10.8. The minimum absolute atomic E-state index is 0.940. The second kappa shape index (κ2) is 7.99. The Balaban J connectivity index is 1.50. The van der Waals surface area contributed by atoms with E-state index in [-0.39, 0.29) is 0 Å². The molecule has 0 N–H and O–H groups in total. The molecule has 192 valence electrons. The summed E-state index contributed by atoms with van der Waals surface area (Å²) in [5.41, 5.74) is 4.25. The first kappa shape index (κ1) is 22.1. The molecule has 0 aliphatic rings. The molecule has 0 atom stereocenters. The molecule has 2 heteroatoms. The van der Waals surface area contributed by atoms with Crippen LogP contribution in [0.25, 0.3) is 97.6 Å². The van der Waals surface area contributed by atoms with Crippen LogP contribution >= 0.6 is 0 Å². The minimum atomic E-state index is 0.940. The van der Waals surface area contributed by atoms with Gasteiger partial charge in [-0.2, -0.15) is 0 Å². The van der Waals surface area contributed by atoms with Gasteiger partial charge in [0.05, 0.1) is 11.0 Å². The molecule has 2 nitrogen and oxygen atoms in total. The molecule has 2 aromatic heterocycles. The summed E-state index contributed by atoms with van der Waals surface area (Å²) in [6.45, 7) is 0. The smallest absolute Gasteiger partial charge is 0.0970 e. The largest absolute Gasteiger partial charge is 0.254 e. The molecule has 2 heterocycles. The fraction of sp³-hybridized carbons (Fsp3) is 0. The zero-order chi connectivity index (χ0) is 27.4. The Hall–Kier alpha value is -5.60. The van der Waals surface area contributed by atoms with Crippen LogP contribution in [0.3, 0.4) is 0 Å². The molecular formula is C40H22N2. The monoisotopic (exact) mass is 530 g/mol. The molecule has 10 rings (SSSR count). The van der Waals surface area contributed by atoms with Crippen LogP contribution in [0, 0.1) is 0 Å². The van der Waals surface area contributed by atoms with E-state index in [9.17, 15) is 0 Å². The maximum absolute atomic E-state index is 4.80. The summed E-state index contributed by atoms with van der Waals surface area (Å²) >= 11 is 0. The lowest BCUT2D eigenvalue weighted by molar-refractivity contribution is 1.37. The first-order chi connectivity index (χ1) is 20.8. The highest BCUT2D eigenvalue weighted by molar-refractivity contribution is 6.37. The van der Waals surface area contributed by atoms with Gasteiger partial charge in [0.15, 0.2) is 0 Å². The molecule has 0 amide bonds. The van der Waals surface area contributed by atoms with Crippen molar-refractivity contribution < 1.29 is 0 Å². The van der Waals surface area contributed by atoms with Crippen LogP contribution in [0.2, 0.25) is 0 Å². The van der Waals surface area contributed by atoms with Crippen LogP contribution in [-0.2, 0) is 0 Å². The molecule has 0 unspecified atom stereocenters. The summed E-state index contributed by atoms with van der Waals surface area (Å²) in [4.78, 5) is 9.50. The second-order valence-corrected chi connectivity index (χ2v) is 11.4. The van der Waals surface area contributed by atoms with Crippen molar-refractivity contribution in [3.05, 3.63) is 134 Å². The number of hydrogen-bond acceptors (Lipinski definition) is 2. The summed E-state index contributed by atoms with van der Waals surface area (Å²) in [5.74, 6) is 0. The Morgan fingerprint density at radius 1 is 0.333 bits per heavy atom. The van der Waals surface area contributed by atoms with Gasteiger partial charge in [0, 0.05) is 23.2 Å². The molecule has 10 aromatic rings. The molecule has 0 aliphatic carbocycles. The maximum atomic E-state index is 4.80. The number of pyridine rings is 2. The van der Waals surface area contributed by atoms with Gasteiger partial charge in [-0.05, 0) is 106 Å². The average Bonchev–Trinajstić information content (AvgIpc) is 3.05. The average molecular weight is 531 g/mol. The topological polar surface area (TPSA) is 25.8 Å². The van der Waals surface area contributed by atoms with Gasteiger partial charge in [-0.1, -0.05) is 91.0 Å². The van der Waals surface area contributed by atoms with E-state index >= 15 is 0 Å². The summed E-state index contributed by atoms with van der Waals surface area (Å²) in [7, 11) is 0. The van der Waals surface area contributed by atoms with Crippen LogP contribution < -0.4 is 0 Å². The van der Waals surface area contributed by atoms with E-state index in [4.69, 9.17) is 9.97 Å². The van der Waals surface area contributed by atoms with E-state index in [1.54, 1.807) is 0 Å². The lowest BCUT2D eigenvalue weighted by atomic mass is 9.86. The molecule has 0 bridgehead atoms. The van der Waals surface area contributed by atoms with Crippen molar-refractivity contribution >= 4 is 86.4 Å². The van der Waals surface area contributed by atoms with E-state index in [0.717, 1.165) is 21.8 Å². The van der Waals surface area contributed by atoms with Crippen LogP contribution in [0.1, 0.15) is 0 Å². The Kier molecular flexibility index (Phi) is 4.21. The Morgan fingerprint density at radius 2 is 0.833 bits per heavy atom. The second-order valence-electron chi connectivity index (χ2n) is 11.4. The number of aromatic nitrogens is 2. The van der Waals surface area contributed by atoms with Gasteiger partial charge < -0.3 is 0 Å².